The van der Waals surface area contributed by atoms with Gasteiger partial charge in [0.25, 0.3) is 0 Å². The summed E-state index contributed by atoms with van der Waals surface area (Å²) >= 11 is 5.16. The van der Waals surface area contributed by atoms with Gasteiger partial charge in [-0.25, -0.2) is 0 Å². The predicted molar refractivity (Wildman–Crippen MR) is 59.3 cm³/mol. The SMILES string of the molecule is CNC(=S)N1CC(CO)OC(C)(C)C1. The highest BCUT2D eigenvalue weighted by molar-refractivity contribution is 7.80. The monoisotopic (exact) mass is 218 g/mol. The Balaban J connectivity index is 2.65. The Hall–Kier alpha value is -0.390. The second-order valence-electron chi connectivity index (χ2n) is 4.12. The molecule has 1 aliphatic rings. The van der Waals surface area contributed by atoms with Crippen molar-refractivity contribution in [1.82, 2.24) is 10.2 Å². The van der Waals surface area contributed by atoms with E-state index in [9.17, 15) is 0 Å². The van der Waals surface area contributed by atoms with Crippen molar-refractivity contribution in [2.24, 2.45) is 0 Å². The topological polar surface area (TPSA) is 44.7 Å². The molecule has 1 atom stereocenters. The van der Waals surface area contributed by atoms with E-state index in [1.54, 1.807) is 7.05 Å². The van der Waals surface area contributed by atoms with Crippen molar-refractivity contribution in [3.05, 3.63) is 0 Å². The van der Waals surface area contributed by atoms with Crippen LogP contribution in [0.3, 0.4) is 0 Å². The molecule has 0 amide bonds. The van der Waals surface area contributed by atoms with Crippen LogP contribution in [-0.2, 0) is 4.74 Å². The second kappa shape index (κ2) is 4.42. The Kier molecular flexibility index (Phi) is 3.69. The van der Waals surface area contributed by atoms with Gasteiger partial charge in [0, 0.05) is 20.1 Å². The van der Waals surface area contributed by atoms with Crippen molar-refractivity contribution in [2.75, 3.05) is 26.7 Å². The number of nitrogens with zero attached hydrogens (tertiary/aromatic N) is 1. The third kappa shape index (κ3) is 2.80. The highest BCUT2D eigenvalue weighted by Gasteiger charge is 2.33. The van der Waals surface area contributed by atoms with Gasteiger partial charge in [0.05, 0.1) is 18.3 Å². The fraction of sp³-hybridized carbons (Fsp3) is 0.889. The molecule has 0 aromatic heterocycles. The Bertz CT molecular complexity index is 221. The molecule has 1 saturated heterocycles. The van der Waals surface area contributed by atoms with Crippen molar-refractivity contribution in [2.45, 2.75) is 25.6 Å². The van der Waals surface area contributed by atoms with Gasteiger partial charge in [-0.1, -0.05) is 0 Å². The minimum Gasteiger partial charge on any atom is -0.394 e. The van der Waals surface area contributed by atoms with Crippen LogP contribution in [0.2, 0.25) is 0 Å². The molecule has 0 radical (unpaired) electrons. The fourth-order valence-electron chi connectivity index (χ4n) is 1.70. The summed E-state index contributed by atoms with van der Waals surface area (Å²) in [4.78, 5) is 2.03. The molecule has 0 aromatic rings. The maximum absolute atomic E-state index is 9.08. The molecule has 1 heterocycles. The highest BCUT2D eigenvalue weighted by Crippen LogP contribution is 2.20. The first-order valence-corrected chi connectivity index (χ1v) is 5.14. The number of rotatable bonds is 1. The zero-order valence-corrected chi connectivity index (χ0v) is 9.73. The smallest absolute Gasteiger partial charge is 0.168 e. The molecule has 1 aliphatic heterocycles. The molecule has 82 valence electrons. The van der Waals surface area contributed by atoms with Gasteiger partial charge in [0.2, 0.25) is 0 Å². The maximum atomic E-state index is 9.08. The quantitative estimate of drug-likeness (QED) is 0.605. The summed E-state index contributed by atoms with van der Waals surface area (Å²) in [5, 5.41) is 12.7. The summed E-state index contributed by atoms with van der Waals surface area (Å²) in [6.07, 6.45) is -0.148. The standard InChI is InChI=1S/C9H18N2O2S/c1-9(2)6-11(8(14)10-3)4-7(5-12)13-9/h7,12H,4-6H2,1-3H3,(H,10,14). The molecule has 1 fully saturated rings. The molecular weight excluding hydrogens is 200 g/mol. The normalized spacial score (nSPS) is 26.0. The van der Waals surface area contributed by atoms with Crippen molar-refractivity contribution in [3.63, 3.8) is 0 Å². The molecule has 0 spiro atoms. The van der Waals surface area contributed by atoms with E-state index in [-0.39, 0.29) is 18.3 Å². The Morgan fingerprint density at radius 3 is 2.86 bits per heavy atom. The van der Waals surface area contributed by atoms with Gasteiger partial charge >= 0.3 is 0 Å². The molecule has 0 aliphatic carbocycles. The minimum absolute atomic E-state index is 0.0340. The summed E-state index contributed by atoms with van der Waals surface area (Å²) in [6, 6.07) is 0. The molecule has 5 heteroatoms. The van der Waals surface area contributed by atoms with Gasteiger partial charge in [-0.15, -0.1) is 0 Å². The number of aliphatic hydroxyl groups excluding tert-OH is 1. The van der Waals surface area contributed by atoms with E-state index >= 15 is 0 Å². The molecular formula is C9H18N2O2S. The Labute approximate surface area is 90.2 Å². The van der Waals surface area contributed by atoms with E-state index in [0.29, 0.717) is 11.7 Å². The van der Waals surface area contributed by atoms with E-state index in [4.69, 9.17) is 22.1 Å². The summed E-state index contributed by atoms with van der Waals surface area (Å²) < 4.78 is 5.67. The van der Waals surface area contributed by atoms with Crippen molar-refractivity contribution < 1.29 is 9.84 Å². The third-order valence-corrected chi connectivity index (χ3v) is 2.65. The molecule has 2 N–H and O–H groups in total. The van der Waals surface area contributed by atoms with Crippen molar-refractivity contribution in [1.29, 1.82) is 0 Å². The number of aliphatic hydroxyl groups is 1. The Morgan fingerprint density at radius 2 is 2.36 bits per heavy atom. The van der Waals surface area contributed by atoms with Gasteiger partial charge in [-0.3, -0.25) is 0 Å². The van der Waals surface area contributed by atoms with Gasteiger partial charge < -0.3 is 20.1 Å². The van der Waals surface area contributed by atoms with E-state index in [1.165, 1.54) is 0 Å². The first kappa shape index (κ1) is 11.7. The molecule has 1 rings (SSSR count). The van der Waals surface area contributed by atoms with Crippen molar-refractivity contribution >= 4 is 17.3 Å². The van der Waals surface area contributed by atoms with Gasteiger partial charge in [-0.2, -0.15) is 0 Å². The Morgan fingerprint density at radius 1 is 1.71 bits per heavy atom. The third-order valence-electron chi connectivity index (χ3n) is 2.19. The van der Waals surface area contributed by atoms with Crippen LogP contribution in [0.4, 0.5) is 0 Å². The number of thiocarbonyl (C=S) groups is 1. The first-order valence-electron chi connectivity index (χ1n) is 4.74. The number of hydrogen-bond donors (Lipinski definition) is 2. The lowest BCUT2D eigenvalue weighted by Gasteiger charge is -2.43. The predicted octanol–water partition coefficient (Wildman–Crippen LogP) is -0.0376. The lowest BCUT2D eigenvalue weighted by atomic mass is 10.1. The van der Waals surface area contributed by atoms with Crippen LogP contribution in [0.1, 0.15) is 13.8 Å². The average molecular weight is 218 g/mol. The van der Waals surface area contributed by atoms with E-state index in [1.807, 2.05) is 18.7 Å². The van der Waals surface area contributed by atoms with Crippen LogP contribution in [0.25, 0.3) is 0 Å². The average Bonchev–Trinajstić information content (AvgIpc) is 2.14. The second-order valence-corrected chi connectivity index (χ2v) is 4.50. The zero-order valence-electron chi connectivity index (χ0n) is 8.91. The number of morpholine rings is 1. The molecule has 1 unspecified atom stereocenters. The molecule has 0 bridgehead atoms. The van der Waals surface area contributed by atoms with Crippen LogP contribution >= 0.6 is 12.2 Å². The highest BCUT2D eigenvalue weighted by atomic mass is 32.1. The van der Waals surface area contributed by atoms with Gasteiger partial charge in [-0.05, 0) is 26.1 Å². The van der Waals surface area contributed by atoms with Crippen LogP contribution in [-0.4, -0.2) is 53.6 Å². The zero-order chi connectivity index (χ0) is 10.8. The fourth-order valence-corrected chi connectivity index (χ4v) is 1.84. The van der Waals surface area contributed by atoms with E-state index < -0.39 is 0 Å². The first-order chi connectivity index (χ1) is 6.48. The summed E-state index contributed by atoms with van der Waals surface area (Å²) in [6.45, 7) is 5.44. The van der Waals surface area contributed by atoms with Crippen LogP contribution in [0.5, 0.6) is 0 Å². The number of ether oxygens (including phenoxy) is 1. The van der Waals surface area contributed by atoms with Gasteiger partial charge in [0.1, 0.15) is 0 Å². The van der Waals surface area contributed by atoms with E-state index in [2.05, 4.69) is 5.32 Å². The van der Waals surface area contributed by atoms with E-state index in [0.717, 1.165) is 6.54 Å². The minimum atomic E-state index is -0.257. The lowest BCUT2D eigenvalue weighted by molar-refractivity contribution is -0.134. The maximum Gasteiger partial charge on any atom is 0.168 e. The van der Waals surface area contributed by atoms with Crippen molar-refractivity contribution in [3.8, 4) is 0 Å². The number of hydrogen-bond acceptors (Lipinski definition) is 3. The van der Waals surface area contributed by atoms with Crippen LogP contribution in [0.15, 0.2) is 0 Å². The molecule has 0 aromatic carbocycles. The van der Waals surface area contributed by atoms with Crippen LogP contribution in [0, 0.1) is 0 Å². The van der Waals surface area contributed by atoms with Gasteiger partial charge in [0.15, 0.2) is 5.11 Å². The molecule has 14 heavy (non-hydrogen) atoms. The summed E-state index contributed by atoms with van der Waals surface area (Å²) in [5.41, 5.74) is -0.257. The largest absolute Gasteiger partial charge is 0.394 e. The van der Waals surface area contributed by atoms with Crippen LogP contribution < -0.4 is 5.32 Å². The number of nitrogens with one attached hydrogen (secondary N) is 1. The molecule has 4 nitrogen and oxygen atoms in total. The lowest BCUT2D eigenvalue weighted by Crippen LogP contribution is -2.57. The summed E-state index contributed by atoms with van der Waals surface area (Å²) in [7, 11) is 1.80. The summed E-state index contributed by atoms with van der Waals surface area (Å²) in [5.74, 6) is 0. The molecule has 0 saturated carbocycles.